The van der Waals surface area contributed by atoms with Crippen LogP contribution in [0.15, 0.2) is 0 Å². The molecule has 29 heavy (non-hydrogen) atoms. The van der Waals surface area contributed by atoms with Gasteiger partial charge >= 0.3 is 0 Å². The zero-order valence-electron chi connectivity index (χ0n) is 16.6. The van der Waals surface area contributed by atoms with E-state index in [9.17, 15) is 14.4 Å². The molecule has 4 heterocycles. The van der Waals surface area contributed by atoms with Crippen molar-refractivity contribution in [2.45, 2.75) is 44.9 Å². The number of anilines is 2. The summed E-state index contributed by atoms with van der Waals surface area (Å²) < 4.78 is 0. The molecule has 1 N–H and O–H groups in total. The van der Waals surface area contributed by atoms with Gasteiger partial charge in [-0.2, -0.15) is 0 Å². The Bertz CT molecular complexity index is 761. The van der Waals surface area contributed by atoms with E-state index in [1.54, 1.807) is 4.90 Å². The Labute approximate surface area is 174 Å². The molecule has 0 spiro atoms. The highest BCUT2D eigenvalue weighted by molar-refractivity contribution is 7.19. The van der Waals surface area contributed by atoms with Crippen molar-refractivity contribution >= 4 is 39.3 Å². The summed E-state index contributed by atoms with van der Waals surface area (Å²) in [6.45, 7) is 4.46. The van der Waals surface area contributed by atoms with Crippen LogP contribution in [0.3, 0.4) is 0 Å². The number of nitrogens with one attached hydrogen (secondary N) is 1. The number of rotatable bonds is 7. The summed E-state index contributed by atoms with van der Waals surface area (Å²) in [4.78, 5) is 41.7. The maximum Gasteiger partial charge on any atom is 0.228 e. The van der Waals surface area contributed by atoms with E-state index in [0.29, 0.717) is 24.5 Å². The van der Waals surface area contributed by atoms with Gasteiger partial charge < -0.3 is 15.1 Å². The largest absolute Gasteiger partial charge is 0.356 e. The number of hydrogen-bond donors (Lipinski definition) is 1. The van der Waals surface area contributed by atoms with Crippen LogP contribution < -0.4 is 15.1 Å². The molecule has 3 saturated heterocycles. The van der Waals surface area contributed by atoms with Crippen LogP contribution in [0.25, 0.3) is 0 Å². The van der Waals surface area contributed by atoms with E-state index in [2.05, 4.69) is 20.4 Å². The molecular weight excluding hydrogens is 392 g/mol. The summed E-state index contributed by atoms with van der Waals surface area (Å²) in [5, 5.41) is 13.0. The fourth-order valence-corrected chi connectivity index (χ4v) is 5.14. The second-order valence-corrected chi connectivity index (χ2v) is 8.84. The Balaban J connectivity index is 1.18. The lowest BCUT2D eigenvalue weighted by Crippen LogP contribution is -2.41. The van der Waals surface area contributed by atoms with Gasteiger partial charge in [-0.15, -0.1) is 10.2 Å². The lowest BCUT2D eigenvalue weighted by molar-refractivity contribution is -0.127. The van der Waals surface area contributed by atoms with Crippen molar-refractivity contribution in [1.82, 2.24) is 20.4 Å². The summed E-state index contributed by atoms with van der Waals surface area (Å²) in [6.07, 6.45) is 5.46. The molecule has 4 rings (SSSR count). The molecule has 3 aliphatic heterocycles. The van der Waals surface area contributed by atoms with Crippen molar-refractivity contribution in [2.24, 2.45) is 5.92 Å². The Kier molecular flexibility index (Phi) is 6.27. The molecule has 0 aliphatic carbocycles. The first-order valence-corrected chi connectivity index (χ1v) is 11.4. The average molecular weight is 421 g/mol. The minimum absolute atomic E-state index is 0.0206. The molecule has 1 aromatic rings. The zero-order chi connectivity index (χ0) is 20.2. The van der Waals surface area contributed by atoms with Crippen molar-refractivity contribution in [2.75, 3.05) is 49.1 Å². The molecule has 0 bridgehead atoms. The predicted octanol–water partition coefficient (Wildman–Crippen LogP) is 1.01. The van der Waals surface area contributed by atoms with E-state index >= 15 is 0 Å². The third kappa shape index (κ3) is 4.68. The number of nitrogens with zero attached hydrogens (tertiary/aromatic N) is 5. The summed E-state index contributed by atoms with van der Waals surface area (Å²) in [7, 11) is 0. The lowest BCUT2D eigenvalue weighted by atomic mass is 9.96. The van der Waals surface area contributed by atoms with E-state index in [1.165, 1.54) is 11.3 Å². The second kappa shape index (κ2) is 9.06. The third-order valence-electron chi connectivity index (χ3n) is 5.92. The van der Waals surface area contributed by atoms with Gasteiger partial charge in [-0.25, -0.2) is 0 Å². The number of amides is 3. The molecule has 10 heteroatoms. The number of carbonyl (C=O) groups excluding carboxylic acids is 3. The fraction of sp³-hybridized carbons (Fsp3) is 0.737. The SMILES string of the molecule is O=C(NCCCN1CCCC1=O)C1CCN(c2nnc(N3CCCC3=O)s2)CC1. The first kappa shape index (κ1) is 20.1. The number of carbonyl (C=O) groups is 3. The first-order valence-electron chi connectivity index (χ1n) is 10.6. The summed E-state index contributed by atoms with van der Waals surface area (Å²) in [5.41, 5.74) is 0. The van der Waals surface area contributed by atoms with E-state index in [0.717, 1.165) is 70.0 Å². The average Bonchev–Trinajstić information content (AvgIpc) is 3.46. The van der Waals surface area contributed by atoms with Gasteiger partial charge in [0.15, 0.2) is 0 Å². The van der Waals surface area contributed by atoms with Crippen LogP contribution in [0, 0.1) is 5.92 Å². The summed E-state index contributed by atoms with van der Waals surface area (Å²) >= 11 is 1.46. The highest BCUT2D eigenvalue weighted by Gasteiger charge is 2.29. The maximum atomic E-state index is 12.4. The van der Waals surface area contributed by atoms with Crippen molar-refractivity contribution in [1.29, 1.82) is 0 Å². The number of hydrogen-bond acceptors (Lipinski definition) is 7. The Morgan fingerprint density at radius 3 is 2.41 bits per heavy atom. The number of piperidine rings is 1. The van der Waals surface area contributed by atoms with Gasteiger partial charge in [0, 0.05) is 58.0 Å². The van der Waals surface area contributed by atoms with Crippen molar-refractivity contribution in [3.05, 3.63) is 0 Å². The highest BCUT2D eigenvalue weighted by atomic mass is 32.1. The van der Waals surface area contributed by atoms with Crippen molar-refractivity contribution in [3.63, 3.8) is 0 Å². The van der Waals surface area contributed by atoms with Crippen LogP contribution in [0.4, 0.5) is 10.3 Å². The van der Waals surface area contributed by atoms with Gasteiger partial charge in [-0.1, -0.05) is 11.3 Å². The molecule has 9 nitrogen and oxygen atoms in total. The predicted molar refractivity (Wildman–Crippen MR) is 110 cm³/mol. The molecule has 0 atom stereocenters. The lowest BCUT2D eigenvalue weighted by Gasteiger charge is -2.30. The Hall–Kier alpha value is -2.23. The van der Waals surface area contributed by atoms with E-state index < -0.39 is 0 Å². The monoisotopic (exact) mass is 420 g/mol. The fourth-order valence-electron chi connectivity index (χ4n) is 4.19. The van der Waals surface area contributed by atoms with Crippen LogP contribution in [-0.4, -0.2) is 72.1 Å². The smallest absolute Gasteiger partial charge is 0.228 e. The molecule has 0 saturated carbocycles. The van der Waals surface area contributed by atoms with Crippen LogP contribution in [0.5, 0.6) is 0 Å². The third-order valence-corrected chi connectivity index (χ3v) is 6.93. The van der Waals surface area contributed by atoms with Crippen LogP contribution >= 0.6 is 11.3 Å². The number of likely N-dealkylation sites (tertiary alicyclic amines) is 1. The maximum absolute atomic E-state index is 12.4. The van der Waals surface area contributed by atoms with Gasteiger partial charge in [0.2, 0.25) is 28.0 Å². The first-order chi connectivity index (χ1) is 14.1. The standard InChI is InChI=1S/C19H28N6O3S/c26-15-4-1-9-23(15)10-3-8-20-17(28)14-6-12-24(13-7-14)18-21-22-19(29-18)25-11-2-5-16(25)27/h14H,1-13H2,(H,20,28). The molecule has 3 aliphatic rings. The van der Waals surface area contributed by atoms with Gasteiger partial charge in [0.1, 0.15) is 0 Å². The second-order valence-electron chi connectivity index (χ2n) is 7.91. The normalized spacial score (nSPS) is 20.8. The highest BCUT2D eigenvalue weighted by Crippen LogP contribution is 2.32. The van der Waals surface area contributed by atoms with E-state index in [-0.39, 0.29) is 23.6 Å². The zero-order valence-corrected chi connectivity index (χ0v) is 17.5. The molecule has 158 valence electrons. The molecule has 3 fully saturated rings. The van der Waals surface area contributed by atoms with Crippen LogP contribution in [0.2, 0.25) is 0 Å². The minimum atomic E-state index is 0.0206. The molecule has 3 amide bonds. The topological polar surface area (TPSA) is 98.7 Å². The number of aromatic nitrogens is 2. The van der Waals surface area contributed by atoms with Crippen LogP contribution in [-0.2, 0) is 14.4 Å². The van der Waals surface area contributed by atoms with Crippen molar-refractivity contribution < 1.29 is 14.4 Å². The van der Waals surface area contributed by atoms with Gasteiger partial charge in [-0.3, -0.25) is 19.3 Å². The Morgan fingerprint density at radius 1 is 1.00 bits per heavy atom. The summed E-state index contributed by atoms with van der Waals surface area (Å²) in [5.74, 6) is 0.486. The molecule has 0 unspecified atom stereocenters. The van der Waals surface area contributed by atoms with Gasteiger partial charge in [0.25, 0.3) is 0 Å². The Morgan fingerprint density at radius 2 is 1.72 bits per heavy atom. The van der Waals surface area contributed by atoms with Gasteiger partial charge in [-0.05, 0) is 32.1 Å². The van der Waals surface area contributed by atoms with E-state index in [1.807, 2.05) is 4.90 Å². The molecular formula is C19H28N6O3S. The van der Waals surface area contributed by atoms with E-state index in [4.69, 9.17) is 0 Å². The van der Waals surface area contributed by atoms with Crippen molar-refractivity contribution in [3.8, 4) is 0 Å². The molecule has 0 aromatic carbocycles. The van der Waals surface area contributed by atoms with Crippen LogP contribution in [0.1, 0.15) is 44.9 Å². The molecule has 0 radical (unpaired) electrons. The minimum Gasteiger partial charge on any atom is -0.356 e. The molecule has 1 aromatic heterocycles. The van der Waals surface area contributed by atoms with Gasteiger partial charge in [0.05, 0.1) is 0 Å². The quantitative estimate of drug-likeness (QED) is 0.661. The summed E-state index contributed by atoms with van der Waals surface area (Å²) in [6, 6.07) is 0.